The predicted octanol–water partition coefficient (Wildman–Crippen LogP) is 5.96. The molecular weight excluding hydrogens is 582 g/mol. The van der Waals surface area contributed by atoms with Crippen molar-refractivity contribution in [1.29, 1.82) is 0 Å². The van der Waals surface area contributed by atoms with Crippen molar-refractivity contribution in [2.45, 2.75) is 123 Å². The fraction of sp³-hybridized carbons (Fsp3) is 0.735. The first-order chi connectivity index (χ1) is 21.0. The molecule has 10 heteroatoms. The molecule has 7 atom stereocenters. The Hall–Kier alpha value is -2.14. The number of rotatable bonds is 12. The molecule has 44 heavy (non-hydrogen) atoms. The van der Waals surface area contributed by atoms with Crippen molar-refractivity contribution in [3.63, 3.8) is 0 Å². The lowest BCUT2D eigenvalue weighted by atomic mass is 9.88. The summed E-state index contributed by atoms with van der Waals surface area (Å²) < 4.78 is 27.2. The highest BCUT2D eigenvalue weighted by Crippen LogP contribution is 2.39. The first-order valence-electron chi connectivity index (χ1n) is 15.9. The van der Waals surface area contributed by atoms with Crippen LogP contribution in [0.15, 0.2) is 36.0 Å². The molecule has 3 saturated heterocycles. The SMILES string of the molecule is CC.COC(C)=O.CSCCCC(=O)OC(C)/C=C\C(=O)NC1CC(C)C(C/C=C(C)/C=C/C2CC3(CCO2)CO3)OC1C. The van der Waals surface area contributed by atoms with Crippen LogP contribution in [0, 0.1) is 5.92 Å². The van der Waals surface area contributed by atoms with Crippen LogP contribution < -0.4 is 5.32 Å². The van der Waals surface area contributed by atoms with Crippen LogP contribution in [0.25, 0.3) is 0 Å². The van der Waals surface area contributed by atoms with E-state index in [1.54, 1.807) is 24.8 Å². The molecule has 0 aromatic heterocycles. The Kier molecular flexibility index (Phi) is 19.6. The third-order valence-corrected chi connectivity index (χ3v) is 8.36. The van der Waals surface area contributed by atoms with Gasteiger partial charge in [-0.1, -0.05) is 44.6 Å². The van der Waals surface area contributed by atoms with Crippen LogP contribution in [0.5, 0.6) is 0 Å². The average molecular weight is 640 g/mol. The second kappa shape index (κ2) is 21.6. The van der Waals surface area contributed by atoms with Crippen molar-refractivity contribution in [3.8, 4) is 0 Å². The molecule has 1 spiro atoms. The number of epoxide rings is 1. The molecule has 0 saturated carbocycles. The largest absolute Gasteiger partial charge is 0.469 e. The monoisotopic (exact) mass is 639 g/mol. The van der Waals surface area contributed by atoms with E-state index in [1.807, 2.05) is 27.0 Å². The maximum absolute atomic E-state index is 12.5. The lowest BCUT2D eigenvalue weighted by Gasteiger charge is -2.39. The lowest BCUT2D eigenvalue weighted by molar-refractivity contribution is -0.146. The van der Waals surface area contributed by atoms with Crippen LogP contribution in [-0.2, 0) is 38.1 Å². The normalized spacial score (nSPS) is 28.8. The molecular formula is C34H57NO8S. The standard InChI is InChI=1S/C29H45NO6S.C3H6O2.C2H6/c1-20(8-11-24-18-29(19-34-29)14-15-33-24)9-12-26-21(2)17-25(23(4)36-26)30-27(31)13-10-22(3)35-28(32)7-6-16-37-5;1-3(4)5-2;1-2/h8-11,13,21-26H,6-7,12,14-19H2,1-5H3,(H,30,31);1-2H3;1-2H3/b11-8+,13-10-,20-9+;;. The Morgan fingerprint density at radius 3 is 2.45 bits per heavy atom. The highest BCUT2D eigenvalue weighted by molar-refractivity contribution is 7.98. The molecule has 3 rings (SSSR count). The molecule has 3 aliphatic heterocycles. The Bertz CT molecular complexity index is 961. The van der Waals surface area contributed by atoms with E-state index in [1.165, 1.54) is 25.7 Å². The third-order valence-electron chi connectivity index (χ3n) is 7.66. The minimum absolute atomic E-state index is 0.0572. The van der Waals surface area contributed by atoms with Crippen LogP contribution in [0.1, 0.15) is 87.0 Å². The summed E-state index contributed by atoms with van der Waals surface area (Å²) in [4.78, 5) is 33.9. The van der Waals surface area contributed by atoms with E-state index in [-0.39, 0.29) is 47.8 Å². The van der Waals surface area contributed by atoms with Gasteiger partial charge in [-0.15, -0.1) is 0 Å². The summed E-state index contributed by atoms with van der Waals surface area (Å²) in [5, 5.41) is 3.06. The number of ether oxygens (including phenoxy) is 5. The molecule has 0 aromatic rings. The molecule has 0 aromatic carbocycles. The van der Waals surface area contributed by atoms with E-state index in [0.717, 1.165) is 51.1 Å². The van der Waals surface area contributed by atoms with Gasteiger partial charge in [0.2, 0.25) is 5.91 Å². The van der Waals surface area contributed by atoms with Crippen LogP contribution in [0.2, 0.25) is 0 Å². The quantitative estimate of drug-likeness (QED) is 0.0909. The second-order valence-corrected chi connectivity index (χ2v) is 12.4. The van der Waals surface area contributed by atoms with Gasteiger partial charge in [-0.25, -0.2) is 0 Å². The zero-order valence-corrected chi connectivity index (χ0v) is 29.2. The molecule has 3 aliphatic rings. The van der Waals surface area contributed by atoms with Crippen molar-refractivity contribution < 1.29 is 38.1 Å². The van der Waals surface area contributed by atoms with E-state index in [2.05, 4.69) is 42.1 Å². The number of carbonyl (C=O) groups is 3. The van der Waals surface area contributed by atoms with Gasteiger partial charge in [0.05, 0.1) is 50.3 Å². The average Bonchev–Trinajstić information content (AvgIpc) is 3.75. The molecule has 9 nitrogen and oxygen atoms in total. The number of amides is 1. The van der Waals surface area contributed by atoms with Crippen molar-refractivity contribution in [3.05, 3.63) is 36.0 Å². The second-order valence-electron chi connectivity index (χ2n) is 11.4. The maximum atomic E-state index is 12.5. The van der Waals surface area contributed by atoms with Crippen molar-refractivity contribution >= 4 is 29.6 Å². The van der Waals surface area contributed by atoms with Gasteiger partial charge in [-0.2, -0.15) is 11.8 Å². The fourth-order valence-electron chi connectivity index (χ4n) is 4.87. The van der Waals surface area contributed by atoms with Crippen molar-refractivity contribution in [2.24, 2.45) is 5.92 Å². The first kappa shape index (κ1) is 39.9. The number of methoxy groups -OCH3 is 1. The minimum atomic E-state index is -0.437. The molecule has 252 valence electrons. The summed E-state index contributed by atoms with van der Waals surface area (Å²) in [5.41, 5.74) is 1.29. The summed E-state index contributed by atoms with van der Waals surface area (Å²) >= 11 is 1.71. The number of nitrogens with one attached hydrogen (secondary N) is 1. The van der Waals surface area contributed by atoms with E-state index in [0.29, 0.717) is 12.3 Å². The number of esters is 2. The fourth-order valence-corrected chi connectivity index (χ4v) is 5.31. The van der Waals surface area contributed by atoms with Gasteiger partial charge < -0.3 is 29.0 Å². The van der Waals surface area contributed by atoms with Crippen LogP contribution >= 0.6 is 11.8 Å². The van der Waals surface area contributed by atoms with Gasteiger partial charge in [0.25, 0.3) is 0 Å². The Labute approximate surface area is 269 Å². The summed E-state index contributed by atoms with van der Waals surface area (Å²) in [6.07, 6.45) is 16.2. The van der Waals surface area contributed by atoms with Gasteiger partial charge in [0, 0.05) is 32.3 Å². The van der Waals surface area contributed by atoms with Crippen LogP contribution in [0.3, 0.4) is 0 Å². The van der Waals surface area contributed by atoms with Crippen molar-refractivity contribution in [1.82, 2.24) is 5.32 Å². The molecule has 7 unspecified atom stereocenters. The number of hydrogen-bond donors (Lipinski definition) is 1. The Morgan fingerprint density at radius 2 is 1.84 bits per heavy atom. The maximum Gasteiger partial charge on any atom is 0.306 e. The Balaban J connectivity index is 0.00000125. The number of carbonyl (C=O) groups excluding carboxylic acids is 3. The lowest BCUT2D eigenvalue weighted by Crippen LogP contribution is -2.50. The molecule has 3 fully saturated rings. The van der Waals surface area contributed by atoms with Gasteiger partial charge in [-0.05, 0) is 64.0 Å². The van der Waals surface area contributed by atoms with Gasteiger partial charge >= 0.3 is 11.9 Å². The third kappa shape index (κ3) is 16.3. The molecule has 0 aliphatic carbocycles. The molecule has 3 heterocycles. The van der Waals surface area contributed by atoms with Crippen molar-refractivity contribution in [2.75, 3.05) is 32.3 Å². The van der Waals surface area contributed by atoms with Crippen LogP contribution in [-0.4, -0.2) is 86.2 Å². The smallest absolute Gasteiger partial charge is 0.306 e. The molecule has 0 radical (unpaired) electrons. The predicted molar refractivity (Wildman–Crippen MR) is 177 cm³/mol. The number of thioether (sulfide) groups is 1. The highest BCUT2D eigenvalue weighted by atomic mass is 32.2. The zero-order valence-electron chi connectivity index (χ0n) is 28.4. The Morgan fingerprint density at radius 1 is 1.16 bits per heavy atom. The molecule has 1 N–H and O–H groups in total. The first-order valence-corrected chi connectivity index (χ1v) is 17.3. The molecule has 1 amide bonds. The number of hydrogen-bond acceptors (Lipinski definition) is 9. The summed E-state index contributed by atoms with van der Waals surface area (Å²) in [6.45, 7) is 15.1. The van der Waals surface area contributed by atoms with E-state index in [4.69, 9.17) is 18.9 Å². The molecule has 0 bridgehead atoms. The zero-order chi connectivity index (χ0) is 33.1. The van der Waals surface area contributed by atoms with Gasteiger partial charge in [-0.3, -0.25) is 14.4 Å². The van der Waals surface area contributed by atoms with Crippen LogP contribution in [0.4, 0.5) is 0 Å². The van der Waals surface area contributed by atoms with E-state index < -0.39 is 6.10 Å². The summed E-state index contributed by atoms with van der Waals surface area (Å²) in [6, 6.07) is -0.0572. The van der Waals surface area contributed by atoms with Gasteiger partial charge in [0.1, 0.15) is 6.10 Å². The van der Waals surface area contributed by atoms with E-state index >= 15 is 0 Å². The summed E-state index contributed by atoms with van der Waals surface area (Å²) in [7, 11) is 1.35. The highest BCUT2D eigenvalue weighted by Gasteiger charge is 2.48. The number of allylic oxidation sites excluding steroid dienone is 2. The summed E-state index contributed by atoms with van der Waals surface area (Å²) in [5.74, 6) is 0.574. The van der Waals surface area contributed by atoms with Gasteiger partial charge in [0.15, 0.2) is 0 Å². The minimum Gasteiger partial charge on any atom is -0.469 e. The topological polar surface area (TPSA) is 113 Å². The van der Waals surface area contributed by atoms with E-state index in [9.17, 15) is 14.4 Å².